The second-order valence-electron chi connectivity index (χ2n) is 9.08. The van der Waals surface area contributed by atoms with Crippen LogP contribution in [0.15, 0.2) is 29.6 Å². The average Bonchev–Trinajstić information content (AvgIpc) is 3.09. The van der Waals surface area contributed by atoms with E-state index < -0.39 is 5.60 Å². The van der Waals surface area contributed by atoms with Gasteiger partial charge >= 0.3 is 0 Å². The Morgan fingerprint density at radius 2 is 1.97 bits per heavy atom. The fourth-order valence-electron chi connectivity index (χ4n) is 4.21. The Morgan fingerprint density at radius 3 is 2.77 bits per heavy atom. The van der Waals surface area contributed by atoms with Gasteiger partial charge in [0.05, 0.1) is 5.60 Å². The molecule has 1 aromatic carbocycles. The zero-order valence-corrected chi connectivity index (χ0v) is 19.1. The minimum atomic E-state index is -0.743. The molecule has 6 heteroatoms. The maximum Gasteiger partial charge on any atom is 0.224 e. The first-order chi connectivity index (χ1) is 14.2. The van der Waals surface area contributed by atoms with Crippen LogP contribution in [0.4, 0.5) is 0 Å². The number of nitrogens with zero attached hydrogens (tertiary/aromatic N) is 1. The third-order valence-electron chi connectivity index (χ3n) is 6.23. The first kappa shape index (κ1) is 22.8. The number of aliphatic hydroxyl groups is 1. The van der Waals surface area contributed by atoms with E-state index in [1.807, 2.05) is 33.0 Å². The summed E-state index contributed by atoms with van der Waals surface area (Å²) in [6.07, 6.45) is 4.60. The van der Waals surface area contributed by atoms with Crippen LogP contribution < -0.4 is 5.32 Å². The molecule has 2 N–H and O–H groups in total. The molecule has 2 unspecified atom stereocenters. The van der Waals surface area contributed by atoms with Crippen molar-refractivity contribution in [3.05, 3.63) is 35.2 Å². The molecule has 30 heavy (non-hydrogen) atoms. The van der Waals surface area contributed by atoms with Crippen LogP contribution in [0.25, 0.3) is 10.1 Å². The van der Waals surface area contributed by atoms with Gasteiger partial charge in [-0.3, -0.25) is 9.59 Å². The molecule has 164 valence electrons. The summed E-state index contributed by atoms with van der Waals surface area (Å²) in [6, 6.07) is 8.04. The minimum absolute atomic E-state index is 0.00769. The van der Waals surface area contributed by atoms with Gasteiger partial charge in [0.25, 0.3) is 0 Å². The van der Waals surface area contributed by atoms with Crippen molar-refractivity contribution in [1.82, 2.24) is 10.2 Å². The quantitative estimate of drug-likeness (QED) is 0.753. The van der Waals surface area contributed by atoms with E-state index in [0.717, 1.165) is 19.3 Å². The standard InChI is InChI=1S/C24H34N2O3S/c1-17-8-6-11-24(2,29)12-7-13-26(3)22(27)15-19(25-23(17)28)14-18-16-30-21-10-5-4-9-20(18)21/h4-5,9-10,16-17,19,29H,6-8,11-15H2,1-3H3,(H,25,28)/t17?,19-,24?/m0/s1. The molecule has 2 amide bonds. The Morgan fingerprint density at radius 1 is 1.23 bits per heavy atom. The SMILES string of the molecule is CC1CCCC(C)(O)CCCN(C)C(=O)C[C@H](Cc2csc3ccccc23)NC1=O. The molecular weight excluding hydrogens is 396 g/mol. The number of rotatable bonds is 2. The van der Waals surface area contributed by atoms with Crippen LogP contribution in [0, 0.1) is 5.92 Å². The van der Waals surface area contributed by atoms with E-state index in [4.69, 9.17) is 0 Å². The van der Waals surface area contributed by atoms with Gasteiger partial charge in [0.2, 0.25) is 11.8 Å². The van der Waals surface area contributed by atoms with E-state index in [1.54, 1.807) is 16.2 Å². The van der Waals surface area contributed by atoms with Gasteiger partial charge < -0.3 is 15.3 Å². The highest BCUT2D eigenvalue weighted by molar-refractivity contribution is 7.17. The van der Waals surface area contributed by atoms with Gasteiger partial charge in [-0.05, 0) is 67.8 Å². The molecule has 3 atom stereocenters. The van der Waals surface area contributed by atoms with Crippen molar-refractivity contribution >= 4 is 33.2 Å². The lowest BCUT2D eigenvalue weighted by Crippen LogP contribution is -2.43. The maximum atomic E-state index is 12.9. The van der Waals surface area contributed by atoms with Gasteiger partial charge in [-0.15, -0.1) is 11.3 Å². The fraction of sp³-hybridized carbons (Fsp3) is 0.583. The third kappa shape index (κ3) is 6.05. The van der Waals surface area contributed by atoms with Gasteiger partial charge in [0.15, 0.2) is 0 Å². The number of hydrogen-bond acceptors (Lipinski definition) is 4. The van der Waals surface area contributed by atoms with Crippen LogP contribution in [-0.2, 0) is 16.0 Å². The predicted octanol–water partition coefficient (Wildman–Crippen LogP) is 4.13. The Bertz CT molecular complexity index is 844. The summed E-state index contributed by atoms with van der Waals surface area (Å²) in [6.45, 7) is 4.40. The normalized spacial score (nSPS) is 27.7. The van der Waals surface area contributed by atoms with Crippen molar-refractivity contribution < 1.29 is 14.7 Å². The molecule has 0 aliphatic carbocycles. The summed E-state index contributed by atoms with van der Waals surface area (Å²) in [7, 11) is 1.81. The summed E-state index contributed by atoms with van der Waals surface area (Å²) in [5.74, 6) is -0.117. The van der Waals surface area contributed by atoms with Gasteiger partial charge in [-0.1, -0.05) is 25.1 Å². The van der Waals surface area contributed by atoms with Gasteiger partial charge in [-0.2, -0.15) is 0 Å². The van der Waals surface area contributed by atoms with Gasteiger partial charge in [0, 0.05) is 36.7 Å². The van der Waals surface area contributed by atoms with Gasteiger partial charge in [0.1, 0.15) is 0 Å². The first-order valence-electron chi connectivity index (χ1n) is 11.0. The smallest absolute Gasteiger partial charge is 0.224 e. The summed E-state index contributed by atoms with van der Waals surface area (Å²) < 4.78 is 1.23. The zero-order valence-electron chi connectivity index (χ0n) is 18.3. The van der Waals surface area contributed by atoms with Crippen LogP contribution in [0.5, 0.6) is 0 Å². The second-order valence-corrected chi connectivity index (χ2v) is 9.99. The molecule has 1 aliphatic heterocycles. The molecule has 0 spiro atoms. The van der Waals surface area contributed by atoms with Crippen LogP contribution in [0.3, 0.4) is 0 Å². The lowest BCUT2D eigenvalue weighted by Gasteiger charge is -2.28. The highest BCUT2D eigenvalue weighted by atomic mass is 32.1. The van der Waals surface area contributed by atoms with Crippen molar-refractivity contribution in [2.24, 2.45) is 5.92 Å². The molecule has 1 aliphatic rings. The predicted molar refractivity (Wildman–Crippen MR) is 123 cm³/mol. The Balaban J connectivity index is 1.77. The molecule has 2 heterocycles. The molecule has 3 rings (SSSR count). The number of fused-ring (bicyclic) bond motifs is 1. The van der Waals surface area contributed by atoms with Crippen LogP contribution >= 0.6 is 11.3 Å². The molecule has 2 aromatic rings. The Hall–Kier alpha value is -1.92. The van der Waals surface area contributed by atoms with Crippen LogP contribution in [0.1, 0.15) is 57.9 Å². The summed E-state index contributed by atoms with van der Waals surface area (Å²) in [5, 5.41) is 17.1. The van der Waals surface area contributed by atoms with E-state index in [2.05, 4.69) is 22.8 Å². The van der Waals surface area contributed by atoms with E-state index in [0.29, 0.717) is 25.8 Å². The second kappa shape index (κ2) is 9.92. The monoisotopic (exact) mass is 430 g/mol. The highest BCUT2D eigenvalue weighted by Gasteiger charge is 2.26. The van der Waals surface area contributed by atoms with E-state index >= 15 is 0 Å². The molecule has 5 nitrogen and oxygen atoms in total. The first-order valence-corrected chi connectivity index (χ1v) is 11.8. The van der Waals surface area contributed by atoms with Crippen molar-refractivity contribution in [1.29, 1.82) is 0 Å². The molecule has 1 aromatic heterocycles. The molecular formula is C24H34N2O3S. The summed E-state index contributed by atoms with van der Waals surface area (Å²) >= 11 is 1.70. The summed E-state index contributed by atoms with van der Waals surface area (Å²) in [5.41, 5.74) is 0.438. The minimum Gasteiger partial charge on any atom is -0.390 e. The van der Waals surface area contributed by atoms with Crippen molar-refractivity contribution in [3.63, 3.8) is 0 Å². The van der Waals surface area contributed by atoms with Crippen LogP contribution in [-0.4, -0.2) is 47.1 Å². The van der Waals surface area contributed by atoms with E-state index in [-0.39, 0.29) is 30.2 Å². The molecule has 0 saturated carbocycles. The average molecular weight is 431 g/mol. The molecule has 1 saturated heterocycles. The highest BCUT2D eigenvalue weighted by Crippen LogP contribution is 2.27. The van der Waals surface area contributed by atoms with Crippen LogP contribution in [0.2, 0.25) is 0 Å². The van der Waals surface area contributed by atoms with Crippen molar-refractivity contribution in [2.45, 2.75) is 70.4 Å². The number of carbonyl (C=O) groups is 2. The third-order valence-corrected chi connectivity index (χ3v) is 7.24. The van der Waals surface area contributed by atoms with Crippen molar-refractivity contribution in [2.75, 3.05) is 13.6 Å². The Kier molecular flexibility index (Phi) is 7.53. The van der Waals surface area contributed by atoms with Crippen molar-refractivity contribution in [3.8, 4) is 0 Å². The number of nitrogens with one attached hydrogen (secondary N) is 1. The zero-order chi connectivity index (χ0) is 21.7. The summed E-state index contributed by atoms with van der Waals surface area (Å²) in [4.78, 5) is 27.4. The lowest BCUT2D eigenvalue weighted by molar-refractivity contribution is -0.131. The van der Waals surface area contributed by atoms with E-state index in [9.17, 15) is 14.7 Å². The Labute approximate surface area is 183 Å². The number of thiophene rings is 1. The van der Waals surface area contributed by atoms with Gasteiger partial charge in [-0.25, -0.2) is 0 Å². The maximum absolute atomic E-state index is 12.9. The number of benzene rings is 1. The molecule has 0 radical (unpaired) electrons. The fourth-order valence-corrected chi connectivity index (χ4v) is 5.18. The lowest BCUT2D eigenvalue weighted by atomic mass is 9.90. The molecule has 1 fully saturated rings. The number of amides is 2. The number of hydrogen-bond donors (Lipinski definition) is 2. The number of carbonyl (C=O) groups excluding carboxylic acids is 2. The largest absolute Gasteiger partial charge is 0.390 e. The topological polar surface area (TPSA) is 69.6 Å². The molecule has 0 bridgehead atoms. The van der Waals surface area contributed by atoms with E-state index in [1.165, 1.54) is 15.6 Å².